The number of rotatable bonds is 4. The molecule has 0 amide bonds. The highest BCUT2D eigenvalue weighted by molar-refractivity contribution is 5.90. The maximum Gasteiger partial charge on any atom is 0.355 e. The molecule has 1 aromatic rings. The van der Waals surface area contributed by atoms with Crippen molar-refractivity contribution in [3.63, 3.8) is 0 Å². The first-order valence-corrected chi connectivity index (χ1v) is 5.43. The Morgan fingerprint density at radius 2 is 1.94 bits per heavy atom. The van der Waals surface area contributed by atoms with E-state index in [1.54, 1.807) is 13.8 Å². The Hall–Kier alpha value is -1.78. The second-order valence-electron chi connectivity index (χ2n) is 3.70. The first-order chi connectivity index (χ1) is 8.01. The number of carbonyl (C=O) groups excluding carboxylic acids is 2. The highest BCUT2D eigenvalue weighted by Crippen LogP contribution is 2.19. The van der Waals surface area contributed by atoms with E-state index in [4.69, 9.17) is 4.74 Å². The third kappa shape index (κ3) is 2.87. The van der Waals surface area contributed by atoms with Crippen molar-refractivity contribution in [1.29, 1.82) is 0 Å². The minimum atomic E-state index is -0.399. The molecular formula is C12H17NO4. The number of esters is 2. The molecule has 0 aliphatic heterocycles. The summed E-state index contributed by atoms with van der Waals surface area (Å²) < 4.78 is 9.53. The molecule has 0 saturated carbocycles. The van der Waals surface area contributed by atoms with Gasteiger partial charge in [0.2, 0.25) is 0 Å². The van der Waals surface area contributed by atoms with Gasteiger partial charge in [0.1, 0.15) is 5.69 Å². The predicted molar refractivity (Wildman–Crippen MR) is 61.9 cm³/mol. The zero-order valence-corrected chi connectivity index (χ0v) is 10.5. The molecule has 0 fully saturated rings. The fourth-order valence-electron chi connectivity index (χ4n) is 1.68. The van der Waals surface area contributed by atoms with Gasteiger partial charge in [-0.15, -0.1) is 0 Å². The SMILES string of the molecule is CCOC(=O)c1[nH]c(C)c(CC(=O)OC)c1C. The summed E-state index contributed by atoms with van der Waals surface area (Å²) in [4.78, 5) is 25.8. The zero-order valence-electron chi connectivity index (χ0n) is 10.5. The van der Waals surface area contributed by atoms with Crippen molar-refractivity contribution in [2.45, 2.75) is 27.2 Å². The molecule has 0 atom stereocenters. The fraction of sp³-hybridized carbons (Fsp3) is 0.500. The van der Waals surface area contributed by atoms with Crippen molar-refractivity contribution in [3.8, 4) is 0 Å². The maximum atomic E-state index is 11.6. The molecule has 0 unspecified atom stereocenters. The highest BCUT2D eigenvalue weighted by Gasteiger charge is 2.19. The summed E-state index contributed by atoms with van der Waals surface area (Å²) in [5.74, 6) is -0.727. The third-order valence-electron chi connectivity index (χ3n) is 2.62. The van der Waals surface area contributed by atoms with Gasteiger partial charge in [-0.25, -0.2) is 4.79 Å². The van der Waals surface area contributed by atoms with E-state index in [1.165, 1.54) is 7.11 Å². The van der Waals surface area contributed by atoms with Crippen molar-refractivity contribution in [1.82, 2.24) is 4.98 Å². The standard InChI is InChI=1S/C12H17NO4/c1-5-17-12(15)11-7(2)9(8(3)13-11)6-10(14)16-4/h13H,5-6H2,1-4H3. The summed E-state index contributed by atoms with van der Waals surface area (Å²) in [5.41, 5.74) is 2.73. The fourth-order valence-corrected chi connectivity index (χ4v) is 1.68. The molecule has 1 heterocycles. The average Bonchev–Trinajstić information content (AvgIpc) is 2.57. The molecule has 1 aromatic heterocycles. The molecule has 17 heavy (non-hydrogen) atoms. The van der Waals surface area contributed by atoms with Gasteiger partial charge < -0.3 is 14.5 Å². The van der Waals surface area contributed by atoms with Crippen molar-refractivity contribution < 1.29 is 19.1 Å². The molecule has 0 aliphatic rings. The highest BCUT2D eigenvalue weighted by atomic mass is 16.5. The van der Waals surface area contributed by atoms with Crippen LogP contribution in [0.2, 0.25) is 0 Å². The predicted octanol–water partition coefficient (Wildman–Crippen LogP) is 1.52. The second-order valence-corrected chi connectivity index (χ2v) is 3.70. The van der Waals surface area contributed by atoms with Crippen LogP contribution in [0.3, 0.4) is 0 Å². The molecule has 94 valence electrons. The number of ether oxygens (including phenoxy) is 2. The van der Waals surface area contributed by atoms with Crippen LogP contribution in [0.15, 0.2) is 0 Å². The van der Waals surface area contributed by atoms with Crippen molar-refractivity contribution in [3.05, 3.63) is 22.5 Å². The van der Waals surface area contributed by atoms with Crippen LogP contribution in [0.1, 0.15) is 34.2 Å². The minimum absolute atomic E-state index is 0.157. The van der Waals surface area contributed by atoms with Crippen LogP contribution in [-0.2, 0) is 20.7 Å². The van der Waals surface area contributed by atoms with Crippen LogP contribution < -0.4 is 0 Å². The normalized spacial score (nSPS) is 10.1. The molecule has 0 aromatic carbocycles. The van der Waals surface area contributed by atoms with Crippen LogP contribution in [0.5, 0.6) is 0 Å². The van der Waals surface area contributed by atoms with Crippen LogP contribution >= 0.6 is 0 Å². The zero-order chi connectivity index (χ0) is 13.0. The van der Waals surface area contributed by atoms with E-state index in [0.29, 0.717) is 12.3 Å². The largest absolute Gasteiger partial charge is 0.469 e. The number of aryl methyl sites for hydroxylation is 1. The van der Waals surface area contributed by atoms with Gasteiger partial charge in [0.15, 0.2) is 0 Å². The van der Waals surface area contributed by atoms with E-state index < -0.39 is 5.97 Å². The lowest BCUT2D eigenvalue weighted by molar-refractivity contribution is -0.139. The minimum Gasteiger partial charge on any atom is -0.469 e. The number of methoxy groups -OCH3 is 1. The number of carbonyl (C=O) groups is 2. The van der Waals surface area contributed by atoms with E-state index in [0.717, 1.165) is 16.8 Å². The number of aromatic amines is 1. The number of nitrogens with one attached hydrogen (secondary N) is 1. The lowest BCUT2D eigenvalue weighted by Gasteiger charge is -2.02. The van der Waals surface area contributed by atoms with Gasteiger partial charge in [-0.3, -0.25) is 4.79 Å². The van der Waals surface area contributed by atoms with E-state index >= 15 is 0 Å². The van der Waals surface area contributed by atoms with E-state index in [9.17, 15) is 9.59 Å². The van der Waals surface area contributed by atoms with Gasteiger partial charge in [0.05, 0.1) is 20.1 Å². The number of hydrogen-bond acceptors (Lipinski definition) is 4. The first kappa shape index (κ1) is 13.3. The number of hydrogen-bond donors (Lipinski definition) is 1. The van der Waals surface area contributed by atoms with E-state index in [-0.39, 0.29) is 12.4 Å². The molecule has 1 rings (SSSR count). The van der Waals surface area contributed by atoms with Gasteiger partial charge in [0, 0.05) is 5.69 Å². The summed E-state index contributed by atoms with van der Waals surface area (Å²) >= 11 is 0. The van der Waals surface area contributed by atoms with Crippen molar-refractivity contribution >= 4 is 11.9 Å². The third-order valence-corrected chi connectivity index (χ3v) is 2.62. The summed E-state index contributed by atoms with van der Waals surface area (Å²) in [6, 6.07) is 0. The Bertz CT molecular complexity index is 434. The molecule has 0 bridgehead atoms. The van der Waals surface area contributed by atoms with Gasteiger partial charge in [-0.1, -0.05) is 0 Å². The summed E-state index contributed by atoms with van der Waals surface area (Å²) in [6.07, 6.45) is 0.157. The topological polar surface area (TPSA) is 68.4 Å². The molecular weight excluding hydrogens is 222 g/mol. The first-order valence-electron chi connectivity index (χ1n) is 5.43. The Morgan fingerprint density at radius 1 is 1.29 bits per heavy atom. The van der Waals surface area contributed by atoms with Crippen LogP contribution in [0.4, 0.5) is 0 Å². The number of aromatic nitrogens is 1. The molecule has 1 N–H and O–H groups in total. The van der Waals surface area contributed by atoms with Crippen LogP contribution in [0, 0.1) is 13.8 Å². The summed E-state index contributed by atoms with van der Waals surface area (Å²) in [7, 11) is 1.34. The molecule has 0 aliphatic carbocycles. The smallest absolute Gasteiger partial charge is 0.355 e. The van der Waals surface area contributed by atoms with Crippen molar-refractivity contribution in [2.24, 2.45) is 0 Å². The Morgan fingerprint density at radius 3 is 2.47 bits per heavy atom. The Kier molecular flexibility index (Phi) is 4.31. The Labute approximate surface area is 100 Å². The summed E-state index contributed by atoms with van der Waals surface area (Å²) in [5, 5.41) is 0. The molecule has 0 radical (unpaired) electrons. The molecule has 0 saturated heterocycles. The van der Waals surface area contributed by atoms with Gasteiger partial charge in [0.25, 0.3) is 0 Å². The van der Waals surface area contributed by atoms with Gasteiger partial charge in [-0.05, 0) is 31.9 Å². The average molecular weight is 239 g/mol. The Balaban J connectivity index is 3.01. The van der Waals surface area contributed by atoms with Gasteiger partial charge >= 0.3 is 11.9 Å². The van der Waals surface area contributed by atoms with E-state index in [1.807, 2.05) is 6.92 Å². The van der Waals surface area contributed by atoms with E-state index in [2.05, 4.69) is 9.72 Å². The number of H-pyrrole nitrogens is 1. The summed E-state index contributed by atoms with van der Waals surface area (Å²) in [6.45, 7) is 5.67. The lowest BCUT2D eigenvalue weighted by atomic mass is 10.1. The maximum absolute atomic E-state index is 11.6. The molecule has 5 nitrogen and oxygen atoms in total. The van der Waals surface area contributed by atoms with Crippen molar-refractivity contribution in [2.75, 3.05) is 13.7 Å². The lowest BCUT2D eigenvalue weighted by Crippen LogP contribution is -2.08. The second kappa shape index (κ2) is 5.52. The van der Waals surface area contributed by atoms with Gasteiger partial charge in [-0.2, -0.15) is 0 Å². The molecule has 0 spiro atoms. The molecule has 5 heteroatoms. The monoisotopic (exact) mass is 239 g/mol. The van der Waals surface area contributed by atoms with Crippen LogP contribution in [0.25, 0.3) is 0 Å². The quantitative estimate of drug-likeness (QED) is 0.809. The van der Waals surface area contributed by atoms with Crippen LogP contribution in [-0.4, -0.2) is 30.6 Å².